The zero-order chi connectivity index (χ0) is 16.1. The van der Waals surface area contributed by atoms with Crippen LogP contribution in [0.1, 0.15) is 24.0 Å². The highest BCUT2D eigenvalue weighted by atomic mass is 16.5. The van der Waals surface area contributed by atoms with E-state index in [9.17, 15) is 0 Å². The summed E-state index contributed by atoms with van der Waals surface area (Å²) >= 11 is 0. The standard InChI is InChI=1S/C21H23NO/c1-2-23-19-12-10-16(11-13-19)14-18(15-22)21-9-5-7-17-6-3-4-8-20(17)21/h3-13,18H,2,14-15,22H2,1H3. The number of nitrogens with two attached hydrogens (primary N) is 1. The first-order chi connectivity index (χ1) is 11.3. The maximum absolute atomic E-state index is 6.10. The summed E-state index contributed by atoms with van der Waals surface area (Å²) in [6, 6.07) is 23.3. The van der Waals surface area contributed by atoms with E-state index in [2.05, 4.69) is 54.6 Å². The normalized spacial score (nSPS) is 12.3. The predicted octanol–water partition coefficient (Wildman–Crippen LogP) is 4.52. The molecule has 2 heteroatoms. The lowest BCUT2D eigenvalue weighted by atomic mass is 9.88. The molecule has 2 nitrogen and oxygen atoms in total. The van der Waals surface area contributed by atoms with Gasteiger partial charge in [-0.25, -0.2) is 0 Å². The molecule has 23 heavy (non-hydrogen) atoms. The topological polar surface area (TPSA) is 35.2 Å². The highest BCUT2D eigenvalue weighted by Crippen LogP contribution is 2.28. The third kappa shape index (κ3) is 3.54. The minimum Gasteiger partial charge on any atom is -0.494 e. The lowest BCUT2D eigenvalue weighted by Gasteiger charge is -2.18. The van der Waals surface area contributed by atoms with E-state index >= 15 is 0 Å². The van der Waals surface area contributed by atoms with Crippen LogP contribution >= 0.6 is 0 Å². The molecule has 0 saturated heterocycles. The van der Waals surface area contributed by atoms with Crippen LogP contribution in [0.3, 0.4) is 0 Å². The molecule has 0 bridgehead atoms. The zero-order valence-electron chi connectivity index (χ0n) is 13.5. The summed E-state index contributed by atoms with van der Waals surface area (Å²) < 4.78 is 5.51. The molecule has 0 aliphatic rings. The van der Waals surface area contributed by atoms with Gasteiger partial charge in [0.25, 0.3) is 0 Å². The number of rotatable bonds is 6. The van der Waals surface area contributed by atoms with E-state index in [-0.39, 0.29) is 0 Å². The van der Waals surface area contributed by atoms with Crippen molar-refractivity contribution in [1.29, 1.82) is 0 Å². The molecule has 0 saturated carbocycles. The van der Waals surface area contributed by atoms with Crippen molar-refractivity contribution >= 4 is 10.8 Å². The van der Waals surface area contributed by atoms with Gasteiger partial charge >= 0.3 is 0 Å². The number of fused-ring (bicyclic) bond motifs is 1. The fraction of sp³-hybridized carbons (Fsp3) is 0.238. The molecule has 0 heterocycles. The first-order valence-corrected chi connectivity index (χ1v) is 8.21. The Morgan fingerprint density at radius 2 is 1.65 bits per heavy atom. The van der Waals surface area contributed by atoms with E-state index in [4.69, 9.17) is 10.5 Å². The van der Waals surface area contributed by atoms with Gasteiger partial charge in [0.05, 0.1) is 6.61 Å². The molecule has 1 atom stereocenters. The van der Waals surface area contributed by atoms with Crippen molar-refractivity contribution in [2.24, 2.45) is 5.73 Å². The second-order valence-electron chi connectivity index (χ2n) is 5.78. The second-order valence-corrected chi connectivity index (χ2v) is 5.78. The summed E-state index contributed by atoms with van der Waals surface area (Å²) in [5.74, 6) is 1.24. The van der Waals surface area contributed by atoms with Crippen LogP contribution in [-0.4, -0.2) is 13.2 Å². The van der Waals surface area contributed by atoms with Crippen LogP contribution in [0.4, 0.5) is 0 Å². The van der Waals surface area contributed by atoms with Gasteiger partial charge in [-0.15, -0.1) is 0 Å². The van der Waals surface area contributed by atoms with Crippen LogP contribution in [0.5, 0.6) is 5.75 Å². The summed E-state index contributed by atoms with van der Waals surface area (Å²) in [4.78, 5) is 0. The zero-order valence-corrected chi connectivity index (χ0v) is 13.5. The van der Waals surface area contributed by atoms with Gasteiger partial charge < -0.3 is 10.5 Å². The molecule has 0 fully saturated rings. The van der Waals surface area contributed by atoms with Gasteiger partial charge in [-0.3, -0.25) is 0 Å². The Morgan fingerprint density at radius 1 is 0.913 bits per heavy atom. The Morgan fingerprint density at radius 3 is 2.39 bits per heavy atom. The summed E-state index contributed by atoms with van der Waals surface area (Å²) in [6.45, 7) is 3.33. The molecule has 0 aliphatic heterocycles. The Bertz CT molecular complexity index is 759. The Labute approximate surface area is 137 Å². The highest BCUT2D eigenvalue weighted by molar-refractivity contribution is 5.86. The second kappa shape index (κ2) is 7.30. The van der Waals surface area contributed by atoms with E-state index in [0.29, 0.717) is 19.1 Å². The van der Waals surface area contributed by atoms with E-state index in [1.54, 1.807) is 0 Å². The Kier molecular flexibility index (Phi) is 4.94. The number of benzene rings is 3. The molecule has 2 N–H and O–H groups in total. The molecule has 1 unspecified atom stereocenters. The van der Waals surface area contributed by atoms with Gasteiger partial charge in [0.1, 0.15) is 5.75 Å². The fourth-order valence-electron chi connectivity index (χ4n) is 3.10. The lowest BCUT2D eigenvalue weighted by molar-refractivity contribution is 0.340. The van der Waals surface area contributed by atoms with Crippen LogP contribution < -0.4 is 10.5 Å². The molecular weight excluding hydrogens is 282 g/mol. The molecule has 3 aromatic rings. The monoisotopic (exact) mass is 305 g/mol. The van der Waals surface area contributed by atoms with Gasteiger partial charge in [-0.1, -0.05) is 54.6 Å². The minimum absolute atomic E-state index is 0.319. The summed E-state index contributed by atoms with van der Waals surface area (Å²) in [7, 11) is 0. The molecular formula is C21H23NO. The largest absolute Gasteiger partial charge is 0.494 e. The maximum Gasteiger partial charge on any atom is 0.119 e. The summed E-state index contributed by atoms with van der Waals surface area (Å²) in [6.07, 6.45) is 0.941. The lowest BCUT2D eigenvalue weighted by Crippen LogP contribution is -2.15. The number of hydrogen-bond donors (Lipinski definition) is 1. The molecule has 0 spiro atoms. The molecule has 3 rings (SSSR count). The van der Waals surface area contributed by atoms with Crippen molar-refractivity contribution in [3.63, 3.8) is 0 Å². The van der Waals surface area contributed by atoms with Gasteiger partial charge in [0, 0.05) is 5.92 Å². The van der Waals surface area contributed by atoms with Crippen LogP contribution in [0, 0.1) is 0 Å². The van der Waals surface area contributed by atoms with E-state index in [0.717, 1.165) is 12.2 Å². The molecule has 0 radical (unpaired) electrons. The maximum atomic E-state index is 6.10. The predicted molar refractivity (Wildman–Crippen MR) is 97.1 cm³/mol. The third-order valence-electron chi connectivity index (χ3n) is 4.26. The SMILES string of the molecule is CCOc1ccc(CC(CN)c2cccc3ccccc23)cc1. The average molecular weight is 305 g/mol. The molecule has 0 aromatic heterocycles. The quantitative estimate of drug-likeness (QED) is 0.726. The molecule has 0 aliphatic carbocycles. The van der Waals surface area contributed by atoms with Crippen molar-refractivity contribution in [1.82, 2.24) is 0 Å². The van der Waals surface area contributed by atoms with Crippen molar-refractivity contribution in [3.05, 3.63) is 77.9 Å². The van der Waals surface area contributed by atoms with E-state index < -0.39 is 0 Å². The smallest absolute Gasteiger partial charge is 0.119 e. The first-order valence-electron chi connectivity index (χ1n) is 8.21. The van der Waals surface area contributed by atoms with Crippen molar-refractivity contribution < 1.29 is 4.74 Å². The Hall–Kier alpha value is -2.32. The van der Waals surface area contributed by atoms with Gasteiger partial charge in [0.15, 0.2) is 0 Å². The van der Waals surface area contributed by atoms with E-state index in [1.807, 2.05) is 19.1 Å². The fourth-order valence-corrected chi connectivity index (χ4v) is 3.10. The van der Waals surface area contributed by atoms with Crippen LogP contribution in [0.25, 0.3) is 10.8 Å². The summed E-state index contributed by atoms with van der Waals surface area (Å²) in [5, 5.41) is 2.58. The average Bonchev–Trinajstić information content (AvgIpc) is 2.61. The van der Waals surface area contributed by atoms with Crippen molar-refractivity contribution in [2.75, 3.05) is 13.2 Å². The summed E-state index contributed by atoms with van der Waals surface area (Å²) in [5.41, 5.74) is 8.72. The van der Waals surface area contributed by atoms with Crippen LogP contribution in [0.2, 0.25) is 0 Å². The first kappa shape index (κ1) is 15.6. The number of ether oxygens (including phenoxy) is 1. The van der Waals surface area contributed by atoms with Crippen LogP contribution in [0.15, 0.2) is 66.7 Å². The molecule has 0 amide bonds. The van der Waals surface area contributed by atoms with Crippen molar-refractivity contribution in [2.45, 2.75) is 19.3 Å². The van der Waals surface area contributed by atoms with Crippen molar-refractivity contribution in [3.8, 4) is 5.75 Å². The minimum atomic E-state index is 0.319. The molecule has 118 valence electrons. The number of hydrogen-bond acceptors (Lipinski definition) is 2. The Balaban J connectivity index is 1.87. The third-order valence-corrected chi connectivity index (χ3v) is 4.26. The highest BCUT2D eigenvalue weighted by Gasteiger charge is 2.13. The van der Waals surface area contributed by atoms with Gasteiger partial charge in [-0.2, -0.15) is 0 Å². The molecule has 3 aromatic carbocycles. The van der Waals surface area contributed by atoms with E-state index in [1.165, 1.54) is 21.9 Å². The van der Waals surface area contributed by atoms with Crippen LogP contribution in [-0.2, 0) is 6.42 Å². The van der Waals surface area contributed by atoms with Gasteiger partial charge in [-0.05, 0) is 53.9 Å². The van der Waals surface area contributed by atoms with Gasteiger partial charge in [0.2, 0.25) is 0 Å².